The van der Waals surface area contributed by atoms with E-state index in [2.05, 4.69) is 9.97 Å². The van der Waals surface area contributed by atoms with E-state index in [1.807, 2.05) is 74.5 Å². The molecule has 0 saturated carbocycles. The molecule has 1 atom stereocenters. The number of rotatable bonds is 5. The lowest BCUT2D eigenvalue weighted by atomic mass is 10.0. The lowest BCUT2D eigenvalue weighted by Crippen LogP contribution is -2.39. The molecule has 0 amide bonds. The highest BCUT2D eigenvalue weighted by Gasteiger charge is 2.32. The van der Waals surface area contributed by atoms with Gasteiger partial charge in [0.2, 0.25) is 0 Å². The smallest absolute Gasteiger partial charge is 0.124 e. The van der Waals surface area contributed by atoms with Crippen molar-refractivity contribution in [2.24, 2.45) is 0 Å². The van der Waals surface area contributed by atoms with Crippen LogP contribution in [0.5, 0.6) is 0 Å². The van der Waals surface area contributed by atoms with Gasteiger partial charge in [0, 0.05) is 33.3 Å². The monoisotopic (exact) mass is 502 g/mol. The summed E-state index contributed by atoms with van der Waals surface area (Å²) in [5.74, 6) is 0. The van der Waals surface area contributed by atoms with Crippen LogP contribution in [0.3, 0.4) is 0 Å². The van der Waals surface area contributed by atoms with Crippen molar-refractivity contribution in [2.75, 3.05) is 4.90 Å². The minimum atomic E-state index is -4.62. The molecule has 0 N–H and O–H groups in total. The summed E-state index contributed by atoms with van der Waals surface area (Å²) in [5, 5.41) is -1.23. The molecule has 1 aliphatic heterocycles. The van der Waals surface area contributed by atoms with Gasteiger partial charge in [0.05, 0.1) is 22.8 Å². The Morgan fingerprint density at radius 1 is 0.857 bits per heavy atom. The number of aryl methyl sites for hydroxylation is 2. The van der Waals surface area contributed by atoms with E-state index in [1.165, 1.54) is 0 Å². The Kier molecular flexibility index (Phi) is 6.13. The molecule has 35 heavy (non-hydrogen) atoms. The number of anilines is 2. The van der Waals surface area contributed by atoms with Crippen molar-refractivity contribution in [3.05, 3.63) is 84.2 Å². The lowest BCUT2D eigenvalue weighted by molar-refractivity contribution is 0.445. The zero-order valence-electron chi connectivity index (χ0n) is 19.6. The highest BCUT2D eigenvalue weighted by Crippen LogP contribution is 2.51. The van der Waals surface area contributed by atoms with E-state index in [-0.39, 0.29) is 6.42 Å². The molecule has 3 heterocycles. The number of hydrogen-bond donors (Lipinski definition) is 0. The maximum absolute atomic E-state index is 12.4. The first-order chi connectivity index (χ1) is 16.8. The summed E-state index contributed by atoms with van der Waals surface area (Å²) in [6.07, 6.45) is 3.65. The summed E-state index contributed by atoms with van der Waals surface area (Å²) in [6.45, 7) is 5.72. The molecule has 6 nitrogen and oxygen atoms in total. The second kappa shape index (κ2) is 9.11. The van der Waals surface area contributed by atoms with Gasteiger partial charge in [0.25, 0.3) is 0 Å². The molecule has 1 unspecified atom stereocenters. The summed E-state index contributed by atoms with van der Waals surface area (Å²) >= 11 is 1.56. The fourth-order valence-corrected chi connectivity index (χ4v) is 6.52. The normalized spacial score (nSPS) is 13.8. The van der Waals surface area contributed by atoms with Crippen LogP contribution in [0.25, 0.3) is 22.5 Å². The predicted molar refractivity (Wildman–Crippen MR) is 139 cm³/mol. The highest BCUT2D eigenvalue weighted by atomic mass is 32.2. The van der Waals surface area contributed by atoms with Gasteiger partial charge < -0.3 is 9.45 Å². The standard InChI is InChI=1S/C27H25N3O3S2/c1-4-25(35(31,32)33)30-21-11-9-20(27-18(3)8-6-14-29-27)16-24(21)34-23-12-10-19(15-22(23)30)26-17(2)7-5-13-28-26/h5-16,25H,4H2,1-3H3,(H,31,32,33)/p-1. The van der Waals surface area contributed by atoms with E-state index in [1.54, 1.807) is 36.0 Å². The summed E-state index contributed by atoms with van der Waals surface area (Å²) in [4.78, 5) is 12.5. The van der Waals surface area contributed by atoms with Gasteiger partial charge in [-0.2, -0.15) is 0 Å². The topological polar surface area (TPSA) is 86.2 Å². The minimum absolute atomic E-state index is 0.156. The Hall–Kier alpha value is -3.20. The van der Waals surface area contributed by atoms with Crippen LogP contribution in [-0.4, -0.2) is 28.3 Å². The van der Waals surface area contributed by atoms with Gasteiger partial charge in [-0.25, -0.2) is 8.42 Å². The third kappa shape index (κ3) is 4.33. The summed E-state index contributed by atoms with van der Waals surface area (Å²) < 4.78 is 37.2. The summed E-state index contributed by atoms with van der Waals surface area (Å²) in [7, 11) is -4.62. The Morgan fingerprint density at radius 2 is 1.46 bits per heavy atom. The Morgan fingerprint density at radius 3 is 2.03 bits per heavy atom. The van der Waals surface area contributed by atoms with Crippen molar-refractivity contribution in [3.63, 3.8) is 0 Å². The quantitative estimate of drug-likeness (QED) is 0.296. The zero-order chi connectivity index (χ0) is 24.7. The molecule has 178 valence electrons. The van der Waals surface area contributed by atoms with Crippen LogP contribution in [-0.2, 0) is 10.1 Å². The van der Waals surface area contributed by atoms with Crippen molar-refractivity contribution in [1.82, 2.24) is 9.97 Å². The van der Waals surface area contributed by atoms with Gasteiger partial charge in [-0.05, 0) is 67.8 Å². The number of benzene rings is 2. The van der Waals surface area contributed by atoms with E-state index >= 15 is 0 Å². The fraction of sp³-hybridized carbons (Fsp3) is 0.185. The minimum Gasteiger partial charge on any atom is -0.746 e. The maximum atomic E-state index is 12.4. The summed E-state index contributed by atoms with van der Waals surface area (Å²) in [5.41, 5.74) is 6.96. The Balaban J connectivity index is 1.70. The average Bonchev–Trinajstić information content (AvgIpc) is 2.83. The van der Waals surface area contributed by atoms with Crippen molar-refractivity contribution < 1.29 is 13.0 Å². The highest BCUT2D eigenvalue weighted by molar-refractivity contribution is 7.99. The van der Waals surface area contributed by atoms with Gasteiger partial charge in [0.15, 0.2) is 0 Å². The van der Waals surface area contributed by atoms with Crippen LogP contribution in [0.15, 0.2) is 82.8 Å². The fourth-order valence-electron chi connectivity index (χ4n) is 4.53. The second-order valence-electron chi connectivity index (χ2n) is 8.53. The largest absolute Gasteiger partial charge is 0.746 e. The van der Waals surface area contributed by atoms with Crippen LogP contribution in [0, 0.1) is 13.8 Å². The summed E-state index contributed by atoms with van der Waals surface area (Å²) in [6, 6.07) is 19.5. The number of hydrogen-bond acceptors (Lipinski definition) is 7. The number of aromatic nitrogens is 2. The van der Waals surface area contributed by atoms with Gasteiger partial charge in [0.1, 0.15) is 15.5 Å². The van der Waals surface area contributed by atoms with E-state index in [0.29, 0.717) is 11.4 Å². The van der Waals surface area contributed by atoms with E-state index < -0.39 is 15.5 Å². The number of nitrogens with zero attached hydrogens (tertiary/aromatic N) is 3. The van der Waals surface area contributed by atoms with E-state index in [4.69, 9.17) is 0 Å². The number of fused-ring (bicyclic) bond motifs is 2. The third-order valence-corrected chi connectivity index (χ3v) is 8.52. The van der Waals surface area contributed by atoms with Crippen LogP contribution >= 0.6 is 11.8 Å². The second-order valence-corrected chi connectivity index (χ2v) is 11.1. The molecule has 2 aromatic carbocycles. The van der Waals surface area contributed by atoms with Crippen LogP contribution in [0.4, 0.5) is 11.4 Å². The number of pyridine rings is 2. The first-order valence-corrected chi connectivity index (χ1v) is 13.6. The average molecular weight is 503 g/mol. The van der Waals surface area contributed by atoms with E-state index in [9.17, 15) is 13.0 Å². The molecular weight excluding hydrogens is 478 g/mol. The first-order valence-electron chi connectivity index (χ1n) is 11.3. The van der Waals surface area contributed by atoms with Crippen LogP contribution < -0.4 is 4.90 Å². The Labute approximate surface area is 209 Å². The molecule has 5 rings (SSSR count). The third-order valence-electron chi connectivity index (χ3n) is 6.19. The molecule has 0 spiro atoms. The molecule has 4 aromatic rings. The van der Waals surface area contributed by atoms with Crippen molar-refractivity contribution in [2.45, 2.75) is 42.4 Å². The molecule has 8 heteroatoms. The van der Waals surface area contributed by atoms with Crippen LogP contribution in [0.1, 0.15) is 24.5 Å². The van der Waals surface area contributed by atoms with Crippen molar-refractivity contribution in [1.29, 1.82) is 0 Å². The SMILES string of the molecule is CCC(N1c2ccc(-c3ncccc3C)cc2Sc2ccc(-c3ncccc3C)cc21)S(=O)(=O)[O-]. The zero-order valence-corrected chi connectivity index (χ0v) is 21.2. The first kappa shape index (κ1) is 23.5. The van der Waals surface area contributed by atoms with Crippen molar-refractivity contribution in [3.8, 4) is 22.5 Å². The van der Waals surface area contributed by atoms with Gasteiger partial charge in [-0.3, -0.25) is 9.97 Å². The van der Waals surface area contributed by atoms with E-state index in [0.717, 1.165) is 43.4 Å². The predicted octanol–water partition coefficient (Wildman–Crippen LogP) is 6.31. The molecule has 0 bridgehead atoms. The molecule has 0 radical (unpaired) electrons. The molecule has 0 fully saturated rings. The van der Waals surface area contributed by atoms with Gasteiger partial charge >= 0.3 is 0 Å². The maximum Gasteiger partial charge on any atom is 0.124 e. The van der Waals surface area contributed by atoms with Crippen LogP contribution in [0.2, 0.25) is 0 Å². The Bertz CT molecular complexity index is 1540. The van der Waals surface area contributed by atoms with Gasteiger partial charge in [-0.1, -0.05) is 43.0 Å². The molecule has 0 saturated heterocycles. The van der Waals surface area contributed by atoms with Gasteiger partial charge in [-0.15, -0.1) is 0 Å². The molecule has 1 aliphatic rings. The van der Waals surface area contributed by atoms with Crippen molar-refractivity contribution >= 4 is 33.3 Å². The molecule has 0 aliphatic carbocycles. The molecular formula is C27H24N3O3S2-. The molecule has 2 aromatic heterocycles. The lowest BCUT2D eigenvalue weighted by Gasteiger charge is -2.39.